The first-order chi connectivity index (χ1) is 8.00. The molecule has 2 unspecified atom stereocenters. The molecule has 1 aliphatic heterocycles. The molecule has 2 aliphatic rings. The summed E-state index contributed by atoms with van der Waals surface area (Å²) in [5.41, 5.74) is -1.35. The summed E-state index contributed by atoms with van der Waals surface area (Å²) < 4.78 is 0. The van der Waals surface area contributed by atoms with E-state index in [4.69, 9.17) is 0 Å². The van der Waals surface area contributed by atoms with Gasteiger partial charge in [0.1, 0.15) is 0 Å². The van der Waals surface area contributed by atoms with E-state index in [1.807, 2.05) is 0 Å². The Hall–Kier alpha value is -1.59. The minimum Gasteiger partial charge on any atom is -0.479 e. The van der Waals surface area contributed by atoms with Crippen molar-refractivity contribution in [1.82, 2.24) is 10.2 Å². The van der Waals surface area contributed by atoms with E-state index in [0.717, 1.165) is 24.2 Å². The molecule has 0 aromatic rings. The highest BCUT2D eigenvalue weighted by atomic mass is 16.4. The minimum absolute atomic E-state index is 0.0966. The van der Waals surface area contributed by atoms with Gasteiger partial charge < -0.3 is 10.4 Å². The first kappa shape index (κ1) is 11.9. The third-order valence-electron chi connectivity index (χ3n) is 3.87. The first-order valence-corrected chi connectivity index (χ1v) is 5.84. The average Bonchev–Trinajstić information content (AvgIpc) is 2.60. The fourth-order valence-corrected chi connectivity index (χ4v) is 2.90. The van der Waals surface area contributed by atoms with Gasteiger partial charge in [0, 0.05) is 0 Å². The molecular formula is C11H16N2O4. The van der Waals surface area contributed by atoms with Crippen LogP contribution in [0.1, 0.15) is 32.6 Å². The van der Waals surface area contributed by atoms with Gasteiger partial charge in [0.05, 0.1) is 6.54 Å². The van der Waals surface area contributed by atoms with Gasteiger partial charge in [-0.2, -0.15) is 0 Å². The Kier molecular flexibility index (Phi) is 2.81. The third kappa shape index (κ3) is 1.59. The maximum atomic E-state index is 11.7. The molecule has 1 saturated carbocycles. The zero-order valence-electron chi connectivity index (χ0n) is 9.73. The molecule has 2 rings (SSSR count). The van der Waals surface area contributed by atoms with Crippen molar-refractivity contribution in [1.29, 1.82) is 0 Å². The molecule has 94 valence electrons. The van der Waals surface area contributed by atoms with Gasteiger partial charge in [0.15, 0.2) is 5.54 Å². The fraction of sp³-hybridized carbons (Fsp3) is 0.727. The number of hydrogen-bond donors (Lipinski definition) is 2. The van der Waals surface area contributed by atoms with Crippen molar-refractivity contribution < 1.29 is 19.5 Å². The molecule has 0 bridgehead atoms. The van der Waals surface area contributed by atoms with E-state index in [0.29, 0.717) is 6.42 Å². The molecule has 1 saturated heterocycles. The van der Waals surface area contributed by atoms with Crippen LogP contribution in [-0.2, 0) is 9.59 Å². The number of rotatable bonds is 2. The lowest BCUT2D eigenvalue weighted by molar-refractivity contribution is -0.160. The van der Waals surface area contributed by atoms with Crippen molar-refractivity contribution in [3.63, 3.8) is 0 Å². The normalized spacial score (nSPS) is 33.7. The fourth-order valence-electron chi connectivity index (χ4n) is 2.90. The number of carboxylic acids is 1. The number of carboxylic acid groups (broad SMARTS) is 1. The molecule has 1 heterocycles. The monoisotopic (exact) mass is 240 g/mol. The minimum atomic E-state index is -1.35. The van der Waals surface area contributed by atoms with Crippen molar-refractivity contribution in [2.75, 3.05) is 6.54 Å². The van der Waals surface area contributed by atoms with Crippen LogP contribution in [0, 0.1) is 5.92 Å². The molecule has 1 aliphatic carbocycles. The van der Waals surface area contributed by atoms with E-state index < -0.39 is 23.4 Å². The summed E-state index contributed by atoms with van der Waals surface area (Å²) in [5, 5.41) is 11.9. The Morgan fingerprint density at radius 2 is 2.18 bits per heavy atom. The molecule has 2 N–H and O–H groups in total. The van der Waals surface area contributed by atoms with E-state index >= 15 is 0 Å². The zero-order chi connectivity index (χ0) is 12.6. The number of carbonyl (C=O) groups is 3. The molecule has 6 nitrogen and oxygen atoms in total. The van der Waals surface area contributed by atoms with Crippen LogP contribution in [0.4, 0.5) is 4.79 Å². The number of amides is 3. The summed E-state index contributed by atoms with van der Waals surface area (Å²) in [5.74, 6) is -1.72. The van der Waals surface area contributed by atoms with Crippen molar-refractivity contribution in [2.24, 2.45) is 5.92 Å². The van der Waals surface area contributed by atoms with Crippen molar-refractivity contribution in [3.8, 4) is 0 Å². The Morgan fingerprint density at radius 1 is 1.47 bits per heavy atom. The summed E-state index contributed by atoms with van der Waals surface area (Å²) in [6.07, 6.45) is 2.75. The quantitative estimate of drug-likeness (QED) is 0.691. The molecule has 0 aromatic heterocycles. The number of imide groups is 1. The first-order valence-electron chi connectivity index (χ1n) is 5.84. The SMILES string of the molecule is CC1CCCCC1(C(=O)O)N1C(=O)CNC1=O. The highest BCUT2D eigenvalue weighted by molar-refractivity contribution is 6.06. The smallest absolute Gasteiger partial charge is 0.330 e. The largest absolute Gasteiger partial charge is 0.479 e. The van der Waals surface area contributed by atoms with Crippen LogP contribution in [-0.4, -0.2) is 40.0 Å². The second-order valence-corrected chi connectivity index (χ2v) is 4.76. The molecule has 3 amide bonds. The molecule has 0 radical (unpaired) electrons. The number of aliphatic carboxylic acids is 1. The van der Waals surface area contributed by atoms with E-state index in [2.05, 4.69) is 5.32 Å². The van der Waals surface area contributed by atoms with E-state index in [1.54, 1.807) is 6.92 Å². The number of nitrogens with one attached hydrogen (secondary N) is 1. The maximum Gasteiger partial charge on any atom is 0.330 e. The Labute approximate surface area is 99.0 Å². The van der Waals surface area contributed by atoms with Gasteiger partial charge in [0.2, 0.25) is 0 Å². The van der Waals surface area contributed by atoms with Crippen LogP contribution in [0.3, 0.4) is 0 Å². The van der Waals surface area contributed by atoms with Gasteiger partial charge >= 0.3 is 12.0 Å². The summed E-state index contributed by atoms with van der Waals surface area (Å²) in [4.78, 5) is 35.9. The number of carbonyl (C=O) groups excluding carboxylic acids is 2. The van der Waals surface area contributed by atoms with Crippen molar-refractivity contribution >= 4 is 17.9 Å². The van der Waals surface area contributed by atoms with Crippen LogP contribution in [0.25, 0.3) is 0 Å². The molecule has 2 fully saturated rings. The van der Waals surface area contributed by atoms with Crippen LogP contribution in [0.15, 0.2) is 0 Å². The lowest BCUT2D eigenvalue weighted by atomic mass is 9.72. The summed E-state index contributed by atoms with van der Waals surface area (Å²) in [6.45, 7) is 1.70. The average molecular weight is 240 g/mol. The second-order valence-electron chi connectivity index (χ2n) is 4.76. The molecule has 0 aromatic carbocycles. The number of urea groups is 1. The van der Waals surface area contributed by atoms with Gasteiger partial charge in [-0.25, -0.2) is 14.5 Å². The van der Waals surface area contributed by atoms with Crippen molar-refractivity contribution in [2.45, 2.75) is 38.1 Å². The molecular weight excluding hydrogens is 224 g/mol. The maximum absolute atomic E-state index is 11.7. The summed E-state index contributed by atoms with van der Waals surface area (Å²) in [7, 11) is 0. The van der Waals surface area contributed by atoms with Gasteiger partial charge in [-0.15, -0.1) is 0 Å². The molecule has 6 heteroatoms. The standard InChI is InChI=1S/C11H16N2O4/c1-7-4-2-3-5-11(7,9(15)16)13-8(14)6-12-10(13)17/h7H,2-6H2,1H3,(H,12,17)(H,15,16). The van der Waals surface area contributed by atoms with Crippen molar-refractivity contribution in [3.05, 3.63) is 0 Å². The number of hydrogen-bond acceptors (Lipinski definition) is 3. The molecule has 0 spiro atoms. The van der Waals surface area contributed by atoms with Gasteiger partial charge in [-0.3, -0.25) is 4.79 Å². The predicted molar refractivity (Wildman–Crippen MR) is 58.2 cm³/mol. The van der Waals surface area contributed by atoms with Crippen LogP contribution < -0.4 is 5.32 Å². The van der Waals surface area contributed by atoms with E-state index in [1.165, 1.54) is 0 Å². The highest BCUT2D eigenvalue weighted by Gasteiger charge is 2.56. The summed E-state index contributed by atoms with van der Waals surface area (Å²) >= 11 is 0. The van der Waals surface area contributed by atoms with Crippen LogP contribution in [0.2, 0.25) is 0 Å². The summed E-state index contributed by atoms with van der Waals surface area (Å²) in [6, 6.07) is -0.578. The Balaban J connectivity index is 2.43. The molecule has 2 atom stereocenters. The van der Waals surface area contributed by atoms with Crippen LogP contribution >= 0.6 is 0 Å². The Bertz CT molecular complexity index is 366. The van der Waals surface area contributed by atoms with Gasteiger partial charge in [0.25, 0.3) is 5.91 Å². The third-order valence-corrected chi connectivity index (χ3v) is 3.87. The number of nitrogens with zero attached hydrogens (tertiary/aromatic N) is 1. The molecule has 17 heavy (non-hydrogen) atoms. The zero-order valence-corrected chi connectivity index (χ0v) is 9.73. The second kappa shape index (κ2) is 4.01. The van der Waals surface area contributed by atoms with Gasteiger partial charge in [-0.05, 0) is 18.8 Å². The lowest BCUT2D eigenvalue weighted by Crippen LogP contribution is -2.62. The van der Waals surface area contributed by atoms with E-state index in [-0.39, 0.29) is 12.5 Å². The van der Waals surface area contributed by atoms with E-state index in [9.17, 15) is 19.5 Å². The predicted octanol–water partition coefficient (Wildman–Crippen LogP) is 0.572. The topological polar surface area (TPSA) is 86.7 Å². The van der Waals surface area contributed by atoms with Crippen LogP contribution in [0.5, 0.6) is 0 Å². The highest BCUT2D eigenvalue weighted by Crippen LogP contribution is 2.39. The van der Waals surface area contributed by atoms with Gasteiger partial charge in [-0.1, -0.05) is 19.8 Å². The Morgan fingerprint density at radius 3 is 2.65 bits per heavy atom. The lowest BCUT2D eigenvalue weighted by Gasteiger charge is -2.43.